The lowest BCUT2D eigenvalue weighted by Gasteiger charge is -2.35. The molecule has 0 unspecified atom stereocenters. The molecule has 1 aromatic carbocycles. The van der Waals surface area contributed by atoms with Crippen molar-refractivity contribution in [2.24, 2.45) is 5.92 Å². The van der Waals surface area contributed by atoms with E-state index in [1.165, 1.54) is 0 Å². The highest BCUT2D eigenvalue weighted by molar-refractivity contribution is 5.80. The number of fused-ring (bicyclic) bond motifs is 4. The molecule has 146 valence electrons. The molecule has 5 rings (SSSR count). The summed E-state index contributed by atoms with van der Waals surface area (Å²) in [6.07, 6.45) is 8.22. The van der Waals surface area contributed by atoms with Crippen LogP contribution in [0.5, 0.6) is 5.75 Å². The van der Waals surface area contributed by atoms with E-state index in [0.29, 0.717) is 12.5 Å². The number of methoxy groups -OCH3 is 1. The highest BCUT2D eigenvalue weighted by Gasteiger charge is 2.40. The van der Waals surface area contributed by atoms with E-state index in [2.05, 4.69) is 39.1 Å². The largest absolute Gasteiger partial charge is 0.497 e. The van der Waals surface area contributed by atoms with E-state index in [-0.39, 0.29) is 12.0 Å². The van der Waals surface area contributed by atoms with E-state index < -0.39 is 0 Å². The molecule has 2 bridgehead atoms. The number of rotatable bonds is 6. The average Bonchev–Trinajstić information content (AvgIpc) is 3.01. The molecular formula is C23H27N3O2. The Morgan fingerprint density at radius 1 is 1.14 bits per heavy atom. The van der Waals surface area contributed by atoms with Gasteiger partial charge in [-0.1, -0.05) is 30.4 Å². The van der Waals surface area contributed by atoms with Crippen molar-refractivity contribution in [1.82, 2.24) is 14.8 Å². The second-order valence-electron chi connectivity index (χ2n) is 7.61. The summed E-state index contributed by atoms with van der Waals surface area (Å²) in [4.78, 5) is 21.8. The van der Waals surface area contributed by atoms with Crippen LogP contribution in [0.25, 0.3) is 6.08 Å². The number of amides is 1. The molecule has 1 amide bonds. The van der Waals surface area contributed by atoms with Gasteiger partial charge < -0.3 is 9.64 Å². The molecule has 2 aromatic rings. The van der Waals surface area contributed by atoms with E-state index in [1.807, 2.05) is 30.3 Å². The molecule has 5 nitrogen and oxygen atoms in total. The predicted octanol–water partition coefficient (Wildman–Crippen LogP) is 3.23. The number of pyridine rings is 1. The van der Waals surface area contributed by atoms with Crippen LogP contribution >= 0.6 is 0 Å². The van der Waals surface area contributed by atoms with Gasteiger partial charge in [-0.05, 0) is 42.7 Å². The van der Waals surface area contributed by atoms with Gasteiger partial charge in [0.1, 0.15) is 5.75 Å². The summed E-state index contributed by atoms with van der Waals surface area (Å²) in [7, 11) is 1.68. The van der Waals surface area contributed by atoms with Crippen LogP contribution < -0.4 is 4.74 Å². The van der Waals surface area contributed by atoms with Crippen LogP contribution in [0, 0.1) is 5.92 Å². The Hall–Kier alpha value is -2.66. The zero-order valence-electron chi connectivity index (χ0n) is 16.3. The van der Waals surface area contributed by atoms with Crippen LogP contribution in [0.1, 0.15) is 24.1 Å². The highest BCUT2D eigenvalue weighted by Crippen LogP contribution is 2.30. The lowest BCUT2D eigenvalue weighted by molar-refractivity contribution is -0.140. The molecule has 0 N–H and O–H groups in total. The molecule has 3 fully saturated rings. The molecule has 0 aliphatic carbocycles. The second kappa shape index (κ2) is 8.57. The quantitative estimate of drug-likeness (QED) is 0.775. The Balaban J connectivity index is 1.39. The molecule has 28 heavy (non-hydrogen) atoms. The maximum absolute atomic E-state index is 13.0. The number of hydrogen-bond acceptors (Lipinski definition) is 4. The minimum atomic E-state index is 0.108. The Labute approximate surface area is 166 Å². The summed E-state index contributed by atoms with van der Waals surface area (Å²) < 4.78 is 5.20. The summed E-state index contributed by atoms with van der Waals surface area (Å²) in [6, 6.07) is 14.2. The van der Waals surface area contributed by atoms with Crippen molar-refractivity contribution in [3.63, 3.8) is 0 Å². The predicted molar refractivity (Wildman–Crippen MR) is 110 cm³/mol. The monoisotopic (exact) mass is 377 g/mol. The Morgan fingerprint density at radius 2 is 2.00 bits per heavy atom. The van der Waals surface area contributed by atoms with Gasteiger partial charge in [-0.25, -0.2) is 0 Å². The number of hydrogen-bond donors (Lipinski definition) is 0. The molecule has 3 saturated heterocycles. The highest BCUT2D eigenvalue weighted by atomic mass is 16.5. The minimum Gasteiger partial charge on any atom is -0.497 e. The molecule has 3 aliphatic rings. The average molecular weight is 377 g/mol. The van der Waals surface area contributed by atoms with E-state index in [9.17, 15) is 4.79 Å². The molecule has 2 atom stereocenters. The van der Waals surface area contributed by atoms with E-state index >= 15 is 0 Å². The van der Waals surface area contributed by atoms with Crippen molar-refractivity contribution in [2.75, 3.05) is 26.7 Å². The summed E-state index contributed by atoms with van der Waals surface area (Å²) in [6.45, 7) is 3.27. The number of benzene rings is 1. The van der Waals surface area contributed by atoms with Gasteiger partial charge in [-0.3, -0.25) is 14.7 Å². The normalized spacial score (nSPS) is 22.6. The van der Waals surface area contributed by atoms with Gasteiger partial charge in [0.2, 0.25) is 5.91 Å². The molecule has 4 heterocycles. The third-order valence-corrected chi connectivity index (χ3v) is 5.72. The lowest BCUT2D eigenvalue weighted by atomic mass is 9.94. The van der Waals surface area contributed by atoms with Crippen LogP contribution in [0.4, 0.5) is 0 Å². The number of carbonyl (C=O) groups is 1. The molecule has 0 radical (unpaired) electrons. The van der Waals surface area contributed by atoms with Crippen molar-refractivity contribution >= 4 is 12.0 Å². The maximum atomic E-state index is 13.0. The van der Waals surface area contributed by atoms with Crippen LogP contribution in [0.2, 0.25) is 0 Å². The first-order valence-corrected chi connectivity index (χ1v) is 9.96. The molecule has 5 heteroatoms. The third kappa shape index (κ3) is 4.25. The Morgan fingerprint density at radius 3 is 2.75 bits per heavy atom. The smallest absolute Gasteiger partial charge is 0.227 e. The Kier molecular flexibility index (Phi) is 5.72. The number of nitrogens with zero attached hydrogens (tertiary/aromatic N) is 3. The van der Waals surface area contributed by atoms with Crippen LogP contribution in [0.15, 0.2) is 54.7 Å². The van der Waals surface area contributed by atoms with Gasteiger partial charge in [-0.15, -0.1) is 0 Å². The summed E-state index contributed by atoms with van der Waals surface area (Å²) in [5, 5.41) is 0. The van der Waals surface area contributed by atoms with E-state index in [4.69, 9.17) is 4.74 Å². The zero-order chi connectivity index (χ0) is 19.3. The van der Waals surface area contributed by atoms with Gasteiger partial charge in [0.05, 0.1) is 25.3 Å². The topological polar surface area (TPSA) is 45.7 Å². The van der Waals surface area contributed by atoms with Crippen molar-refractivity contribution in [3.8, 4) is 5.75 Å². The van der Waals surface area contributed by atoms with Gasteiger partial charge in [0.15, 0.2) is 0 Å². The van der Waals surface area contributed by atoms with Gasteiger partial charge in [-0.2, -0.15) is 0 Å². The third-order valence-electron chi connectivity index (χ3n) is 5.72. The fraction of sp³-hybridized carbons (Fsp3) is 0.391. The summed E-state index contributed by atoms with van der Waals surface area (Å²) in [5.41, 5.74) is 2.13. The first-order valence-electron chi connectivity index (χ1n) is 9.96. The van der Waals surface area contributed by atoms with Crippen molar-refractivity contribution < 1.29 is 9.53 Å². The van der Waals surface area contributed by atoms with Gasteiger partial charge in [0, 0.05) is 31.9 Å². The molecule has 3 aliphatic heterocycles. The van der Waals surface area contributed by atoms with Crippen molar-refractivity contribution in [1.29, 1.82) is 0 Å². The summed E-state index contributed by atoms with van der Waals surface area (Å²) >= 11 is 0. The molecule has 1 aromatic heterocycles. The van der Waals surface area contributed by atoms with Gasteiger partial charge in [0.25, 0.3) is 0 Å². The number of carbonyl (C=O) groups excluding carboxylic acids is 1. The first-order chi connectivity index (χ1) is 13.7. The zero-order valence-corrected chi connectivity index (χ0v) is 16.3. The molecular weight excluding hydrogens is 350 g/mol. The standard InChI is InChI=1S/C23H27N3O2/c1-28-22-11-7-18(8-12-22)5-4-14-25-15-19-9-10-21(17-25)26(23(19)27)16-20-6-2-3-13-24-20/h2-8,11-13,19,21H,9-10,14-17H2,1H3/b5-4+/t19-,21+/m0/s1. The molecule has 0 spiro atoms. The van der Waals surface area contributed by atoms with E-state index in [0.717, 1.165) is 49.5 Å². The van der Waals surface area contributed by atoms with Crippen LogP contribution in [0.3, 0.4) is 0 Å². The van der Waals surface area contributed by atoms with Crippen LogP contribution in [-0.2, 0) is 11.3 Å². The number of aromatic nitrogens is 1. The van der Waals surface area contributed by atoms with Crippen molar-refractivity contribution in [3.05, 3.63) is 66.0 Å². The number of ether oxygens (including phenoxy) is 1. The second-order valence-corrected chi connectivity index (χ2v) is 7.61. The molecule has 0 saturated carbocycles. The minimum absolute atomic E-state index is 0.108. The lowest BCUT2D eigenvalue weighted by Crippen LogP contribution is -2.47. The first kappa shape index (κ1) is 18.7. The number of piperidine rings is 1. The SMILES string of the molecule is COc1ccc(/C=C/CN2C[C@@H]3CC[C@H](C2)N(Cc2ccccn2)C3=O)cc1. The summed E-state index contributed by atoms with van der Waals surface area (Å²) in [5.74, 6) is 1.27. The van der Waals surface area contributed by atoms with Crippen LogP contribution in [-0.4, -0.2) is 53.5 Å². The maximum Gasteiger partial charge on any atom is 0.227 e. The Bertz CT molecular complexity index is 820. The van der Waals surface area contributed by atoms with Gasteiger partial charge >= 0.3 is 0 Å². The van der Waals surface area contributed by atoms with E-state index in [1.54, 1.807) is 13.3 Å². The fourth-order valence-corrected chi connectivity index (χ4v) is 4.21. The fourth-order valence-electron chi connectivity index (χ4n) is 4.21. The van der Waals surface area contributed by atoms with Crippen molar-refractivity contribution in [2.45, 2.75) is 25.4 Å².